The molecule has 0 bridgehead atoms. The third kappa shape index (κ3) is 7.12. The Morgan fingerprint density at radius 2 is 1.75 bits per heavy atom. The summed E-state index contributed by atoms with van der Waals surface area (Å²) in [5, 5.41) is 12.2. The lowest BCUT2D eigenvalue weighted by molar-refractivity contribution is 0.287. The number of hydrogen-bond acceptors (Lipinski definition) is 4. The van der Waals surface area contributed by atoms with Crippen LogP contribution in [0.4, 0.5) is 5.82 Å². The first-order valence-electron chi connectivity index (χ1n) is 10.4. The van der Waals surface area contributed by atoms with Gasteiger partial charge in [0.15, 0.2) is 22.4 Å². The molecule has 0 atom stereocenters. The fourth-order valence-electron chi connectivity index (χ4n) is 3.06. The van der Waals surface area contributed by atoms with E-state index in [2.05, 4.69) is 31.7 Å². The normalized spacial score (nSPS) is 10.6. The molecule has 170 valence electrons. The van der Waals surface area contributed by atoms with Crippen molar-refractivity contribution in [3.63, 3.8) is 0 Å². The number of rotatable bonds is 10. The number of thiocarbonyl (C=S) groups is 1. The zero-order valence-electron chi connectivity index (χ0n) is 18.0. The van der Waals surface area contributed by atoms with Crippen molar-refractivity contribution >= 4 is 50.7 Å². The summed E-state index contributed by atoms with van der Waals surface area (Å²) in [7, 11) is 0. The number of anilines is 1. The highest BCUT2D eigenvalue weighted by molar-refractivity contribution is 9.10. The van der Waals surface area contributed by atoms with Crippen molar-refractivity contribution in [2.75, 3.05) is 25.1 Å². The summed E-state index contributed by atoms with van der Waals surface area (Å²) >= 11 is 14.9. The SMILES string of the molecule is CCOc1ccc(CCNC(=S)Nc2nn(Cc3ccc(Cl)cc3)cc2Br)cc1OCC. The van der Waals surface area contributed by atoms with Gasteiger partial charge in [0.25, 0.3) is 0 Å². The maximum absolute atomic E-state index is 5.95. The topological polar surface area (TPSA) is 60.3 Å². The predicted octanol–water partition coefficient (Wildman–Crippen LogP) is 5.67. The second-order valence-electron chi connectivity index (χ2n) is 6.93. The van der Waals surface area contributed by atoms with E-state index in [9.17, 15) is 0 Å². The van der Waals surface area contributed by atoms with Crippen LogP contribution in [-0.2, 0) is 13.0 Å². The van der Waals surface area contributed by atoms with Crippen LogP contribution in [0.25, 0.3) is 0 Å². The molecule has 1 aromatic heterocycles. The molecular formula is C23H26BrClN4O2S. The number of nitrogens with one attached hydrogen (secondary N) is 2. The molecular weight excluding hydrogens is 512 g/mol. The van der Waals surface area contributed by atoms with Gasteiger partial charge in [0, 0.05) is 17.8 Å². The van der Waals surface area contributed by atoms with Crippen LogP contribution >= 0.6 is 39.7 Å². The molecule has 2 aromatic carbocycles. The Bertz CT molecular complexity index is 1040. The molecule has 0 saturated heterocycles. The molecule has 0 amide bonds. The van der Waals surface area contributed by atoms with Gasteiger partial charge in [-0.15, -0.1) is 0 Å². The first-order chi connectivity index (χ1) is 15.5. The monoisotopic (exact) mass is 536 g/mol. The van der Waals surface area contributed by atoms with Crippen LogP contribution in [0, 0.1) is 0 Å². The molecule has 0 radical (unpaired) electrons. The molecule has 0 aliphatic carbocycles. The van der Waals surface area contributed by atoms with Crippen molar-refractivity contribution in [3.8, 4) is 11.5 Å². The van der Waals surface area contributed by atoms with E-state index in [1.165, 1.54) is 0 Å². The van der Waals surface area contributed by atoms with Gasteiger partial charge in [-0.05, 0) is 83.8 Å². The molecule has 0 spiro atoms. The number of aromatic nitrogens is 2. The van der Waals surface area contributed by atoms with E-state index in [1.807, 2.05) is 67.2 Å². The zero-order chi connectivity index (χ0) is 22.9. The Morgan fingerprint density at radius 1 is 1.06 bits per heavy atom. The Morgan fingerprint density at radius 3 is 2.47 bits per heavy atom. The number of hydrogen-bond donors (Lipinski definition) is 2. The fourth-order valence-corrected chi connectivity index (χ4v) is 3.80. The van der Waals surface area contributed by atoms with E-state index >= 15 is 0 Å². The van der Waals surface area contributed by atoms with Crippen LogP contribution in [0.15, 0.2) is 53.1 Å². The summed E-state index contributed by atoms with van der Waals surface area (Å²) in [5.74, 6) is 2.20. The van der Waals surface area contributed by atoms with Gasteiger partial charge >= 0.3 is 0 Å². The van der Waals surface area contributed by atoms with Crippen molar-refractivity contribution in [3.05, 3.63) is 69.3 Å². The third-order valence-corrected chi connectivity index (χ3v) is 5.59. The molecule has 9 heteroatoms. The maximum atomic E-state index is 5.95. The van der Waals surface area contributed by atoms with Gasteiger partial charge in [-0.2, -0.15) is 5.10 Å². The molecule has 0 saturated carbocycles. The van der Waals surface area contributed by atoms with E-state index in [1.54, 1.807) is 0 Å². The highest BCUT2D eigenvalue weighted by Crippen LogP contribution is 2.28. The summed E-state index contributed by atoms with van der Waals surface area (Å²) in [6.07, 6.45) is 2.70. The largest absolute Gasteiger partial charge is 0.490 e. The summed E-state index contributed by atoms with van der Waals surface area (Å²) in [6, 6.07) is 13.7. The van der Waals surface area contributed by atoms with Crippen LogP contribution < -0.4 is 20.1 Å². The Kier molecular flexibility index (Phi) is 9.20. The number of ether oxygens (including phenoxy) is 2. The lowest BCUT2D eigenvalue weighted by atomic mass is 10.1. The van der Waals surface area contributed by atoms with Crippen molar-refractivity contribution in [1.29, 1.82) is 0 Å². The first kappa shape index (κ1) is 24.4. The lowest BCUT2D eigenvalue weighted by Gasteiger charge is -2.13. The average Bonchev–Trinajstić information content (AvgIpc) is 3.10. The molecule has 2 N–H and O–H groups in total. The average molecular weight is 538 g/mol. The molecule has 3 rings (SSSR count). The molecule has 1 heterocycles. The standard InChI is InChI=1S/C23H26BrClN4O2S/c1-3-30-20-10-7-16(13-21(20)31-4-2)11-12-26-23(32)27-22-19(24)15-29(28-22)14-17-5-8-18(25)9-6-17/h5-10,13,15H,3-4,11-12,14H2,1-2H3,(H2,26,27,28,32). The first-order valence-corrected chi connectivity index (χ1v) is 12.0. The highest BCUT2D eigenvalue weighted by Gasteiger charge is 2.10. The molecule has 0 unspecified atom stereocenters. The van der Waals surface area contributed by atoms with Crippen molar-refractivity contribution in [2.45, 2.75) is 26.8 Å². The summed E-state index contributed by atoms with van der Waals surface area (Å²) in [5.41, 5.74) is 2.25. The van der Waals surface area contributed by atoms with E-state index in [4.69, 9.17) is 33.3 Å². The van der Waals surface area contributed by atoms with E-state index in [-0.39, 0.29) is 0 Å². The summed E-state index contributed by atoms with van der Waals surface area (Å²) < 4.78 is 14.0. The van der Waals surface area contributed by atoms with Crippen molar-refractivity contribution < 1.29 is 9.47 Å². The Balaban J connectivity index is 1.51. The van der Waals surface area contributed by atoms with Gasteiger partial charge in [0.05, 0.1) is 24.2 Å². The van der Waals surface area contributed by atoms with Gasteiger partial charge in [0.2, 0.25) is 0 Å². The molecule has 0 aliphatic rings. The second kappa shape index (κ2) is 12.1. The van der Waals surface area contributed by atoms with Crippen LogP contribution in [0.1, 0.15) is 25.0 Å². The number of benzene rings is 2. The Labute approximate surface area is 207 Å². The van der Waals surface area contributed by atoms with Crippen LogP contribution in [0.2, 0.25) is 5.02 Å². The van der Waals surface area contributed by atoms with Crippen LogP contribution in [0.3, 0.4) is 0 Å². The fraction of sp³-hybridized carbons (Fsp3) is 0.304. The predicted molar refractivity (Wildman–Crippen MR) is 137 cm³/mol. The van der Waals surface area contributed by atoms with Crippen LogP contribution in [0.5, 0.6) is 11.5 Å². The summed E-state index contributed by atoms with van der Waals surface area (Å²) in [6.45, 7) is 6.43. The van der Waals surface area contributed by atoms with Crippen molar-refractivity contribution in [1.82, 2.24) is 15.1 Å². The third-order valence-electron chi connectivity index (χ3n) is 4.51. The maximum Gasteiger partial charge on any atom is 0.172 e. The van der Waals surface area contributed by atoms with Gasteiger partial charge in [-0.3, -0.25) is 4.68 Å². The minimum Gasteiger partial charge on any atom is -0.490 e. The lowest BCUT2D eigenvalue weighted by Crippen LogP contribution is -2.30. The Hall–Kier alpha value is -2.29. The smallest absolute Gasteiger partial charge is 0.172 e. The molecule has 0 fully saturated rings. The van der Waals surface area contributed by atoms with Crippen LogP contribution in [-0.4, -0.2) is 34.7 Å². The quantitative estimate of drug-likeness (QED) is 0.325. The minimum atomic E-state index is 0.512. The van der Waals surface area contributed by atoms with Gasteiger partial charge in [-0.25, -0.2) is 0 Å². The van der Waals surface area contributed by atoms with E-state index in [0.29, 0.717) is 42.3 Å². The second-order valence-corrected chi connectivity index (χ2v) is 8.63. The summed E-state index contributed by atoms with van der Waals surface area (Å²) in [4.78, 5) is 0. The van der Waals surface area contributed by atoms with Gasteiger partial charge in [0.1, 0.15) is 0 Å². The molecule has 3 aromatic rings. The number of nitrogens with zero attached hydrogens (tertiary/aromatic N) is 2. The molecule has 6 nitrogen and oxygen atoms in total. The molecule has 32 heavy (non-hydrogen) atoms. The van der Waals surface area contributed by atoms with Gasteiger partial charge < -0.3 is 20.1 Å². The molecule has 0 aliphatic heterocycles. The highest BCUT2D eigenvalue weighted by atomic mass is 79.9. The minimum absolute atomic E-state index is 0.512. The zero-order valence-corrected chi connectivity index (χ0v) is 21.2. The van der Waals surface area contributed by atoms with E-state index in [0.717, 1.165) is 33.5 Å². The van der Waals surface area contributed by atoms with E-state index < -0.39 is 0 Å². The van der Waals surface area contributed by atoms with Crippen molar-refractivity contribution in [2.24, 2.45) is 0 Å². The van der Waals surface area contributed by atoms with Gasteiger partial charge in [-0.1, -0.05) is 29.8 Å². The number of halogens is 2.